The van der Waals surface area contributed by atoms with Crippen LogP contribution in [0.2, 0.25) is 6.82 Å². The molecular formula is C22H25BN4O2S. The first kappa shape index (κ1) is 21.8. The summed E-state index contributed by atoms with van der Waals surface area (Å²) in [7, 11) is -3.87. The highest BCUT2D eigenvalue weighted by molar-refractivity contribution is 7.90. The fraction of sp³-hybridized carbons (Fsp3) is 0.273. The number of nitriles is 1. The van der Waals surface area contributed by atoms with E-state index in [9.17, 15) is 13.7 Å². The van der Waals surface area contributed by atoms with Crippen molar-refractivity contribution in [2.24, 2.45) is 0 Å². The fourth-order valence-corrected chi connectivity index (χ4v) is 4.76. The van der Waals surface area contributed by atoms with Crippen LogP contribution in [0.4, 0.5) is 0 Å². The molecule has 0 unspecified atom stereocenters. The van der Waals surface area contributed by atoms with E-state index >= 15 is 0 Å². The van der Waals surface area contributed by atoms with Crippen LogP contribution in [0, 0.1) is 11.3 Å². The highest BCUT2D eigenvalue weighted by Gasteiger charge is 2.34. The van der Waals surface area contributed by atoms with Gasteiger partial charge in [-0.2, -0.15) is 10.4 Å². The largest absolute Gasteiger partial charge is 0.252 e. The summed E-state index contributed by atoms with van der Waals surface area (Å²) in [6.45, 7) is 5.24. The lowest BCUT2D eigenvalue weighted by Gasteiger charge is -2.26. The Morgan fingerprint density at radius 1 is 1.03 bits per heavy atom. The summed E-state index contributed by atoms with van der Waals surface area (Å²) < 4.78 is 30.0. The van der Waals surface area contributed by atoms with Crippen molar-refractivity contribution in [3.63, 3.8) is 0 Å². The number of rotatable bonds is 8. The van der Waals surface area contributed by atoms with Gasteiger partial charge in [-0.25, -0.2) is 12.6 Å². The normalized spacial score (nSPS) is 12.0. The lowest BCUT2D eigenvalue weighted by atomic mass is 9.60. The van der Waals surface area contributed by atoms with E-state index < -0.39 is 15.6 Å². The Morgan fingerprint density at radius 2 is 1.60 bits per heavy atom. The second kappa shape index (κ2) is 8.86. The van der Waals surface area contributed by atoms with Gasteiger partial charge in [0.2, 0.25) is 6.85 Å². The highest BCUT2D eigenvalue weighted by atomic mass is 32.2. The quantitative estimate of drug-likeness (QED) is 0.520. The Balaban J connectivity index is 1.97. The molecule has 0 bridgehead atoms. The fourth-order valence-electron chi connectivity index (χ4n) is 3.23. The minimum Gasteiger partial charge on any atom is -0.252 e. The maximum Gasteiger partial charge on any atom is 0.252 e. The molecule has 0 fully saturated rings. The van der Waals surface area contributed by atoms with E-state index in [2.05, 4.69) is 11.2 Å². The zero-order valence-electron chi connectivity index (χ0n) is 17.4. The second-order valence-corrected chi connectivity index (χ2v) is 9.68. The van der Waals surface area contributed by atoms with Gasteiger partial charge in [-0.1, -0.05) is 73.1 Å². The van der Waals surface area contributed by atoms with Crippen molar-refractivity contribution in [2.45, 2.75) is 44.1 Å². The van der Waals surface area contributed by atoms with Crippen LogP contribution in [0.5, 0.6) is 0 Å². The number of sulfonamides is 1. The molecule has 0 saturated heterocycles. The SMILES string of the molecule is CB(Cc1ccccc1)N(Cc1ccccc1)S(=O)(=O)c1ccn(C(C)(C)C#N)n1. The van der Waals surface area contributed by atoms with Crippen LogP contribution < -0.4 is 0 Å². The van der Waals surface area contributed by atoms with E-state index in [4.69, 9.17) is 0 Å². The standard InChI is InChI=1S/C22H25BN4O2S/c1-22(2,18-24)26-15-14-21(25-26)30(28,29)27(17-20-12-8-5-9-13-20)23(3)16-19-10-6-4-7-11-19/h4-15H,16-17H2,1-3H3. The van der Waals surface area contributed by atoms with E-state index in [0.29, 0.717) is 6.32 Å². The van der Waals surface area contributed by atoms with Gasteiger partial charge in [0.25, 0.3) is 10.0 Å². The third kappa shape index (κ3) is 4.81. The van der Waals surface area contributed by atoms with Crippen LogP contribution >= 0.6 is 0 Å². The molecule has 0 spiro atoms. The smallest absolute Gasteiger partial charge is 0.252 e. The van der Waals surface area contributed by atoms with Crippen LogP contribution in [0.3, 0.4) is 0 Å². The summed E-state index contributed by atoms with van der Waals surface area (Å²) in [6.07, 6.45) is 2.12. The van der Waals surface area contributed by atoms with Gasteiger partial charge < -0.3 is 0 Å². The molecule has 0 N–H and O–H groups in total. The van der Waals surface area contributed by atoms with Gasteiger partial charge in [-0.15, -0.1) is 0 Å². The molecule has 2 aromatic carbocycles. The number of hydrogen-bond acceptors (Lipinski definition) is 4. The first-order chi connectivity index (χ1) is 14.2. The molecule has 30 heavy (non-hydrogen) atoms. The zero-order chi connectivity index (χ0) is 21.8. The van der Waals surface area contributed by atoms with E-state index in [1.807, 2.05) is 67.5 Å². The Labute approximate surface area is 178 Å². The molecule has 0 atom stereocenters. The van der Waals surface area contributed by atoms with Gasteiger partial charge in [0.1, 0.15) is 5.54 Å². The molecule has 6 nitrogen and oxygen atoms in total. The summed E-state index contributed by atoms with van der Waals surface area (Å²) in [5.41, 5.74) is 1.03. The predicted molar refractivity (Wildman–Crippen MR) is 118 cm³/mol. The number of nitrogens with zero attached hydrogens (tertiary/aromatic N) is 4. The average molecular weight is 420 g/mol. The lowest BCUT2D eigenvalue weighted by molar-refractivity contribution is 0.409. The molecule has 0 aliphatic rings. The van der Waals surface area contributed by atoms with E-state index in [1.165, 1.54) is 15.0 Å². The second-order valence-electron chi connectivity index (χ2n) is 7.84. The molecule has 3 aromatic rings. The molecule has 8 heteroatoms. The minimum atomic E-state index is -3.87. The minimum absolute atomic E-state index is 0.0540. The third-order valence-electron chi connectivity index (χ3n) is 5.03. The Kier molecular flexibility index (Phi) is 6.44. The topological polar surface area (TPSA) is 79.0 Å². The average Bonchev–Trinajstić information content (AvgIpc) is 3.25. The van der Waals surface area contributed by atoms with Crippen molar-refractivity contribution in [3.05, 3.63) is 84.1 Å². The molecular weight excluding hydrogens is 395 g/mol. The van der Waals surface area contributed by atoms with E-state index in [-0.39, 0.29) is 18.4 Å². The van der Waals surface area contributed by atoms with E-state index in [0.717, 1.165) is 11.1 Å². The predicted octanol–water partition coefficient (Wildman–Crippen LogP) is 3.74. The van der Waals surface area contributed by atoms with Gasteiger partial charge in [0.05, 0.1) is 6.07 Å². The van der Waals surface area contributed by atoms with Crippen molar-refractivity contribution >= 4 is 16.9 Å². The van der Waals surface area contributed by atoms with Crippen LogP contribution in [0.1, 0.15) is 25.0 Å². The van der Waals surface area contributed by atoms with Gasteiger partial charge >= 0.3 is 0 Å². The molecule has 0 saturated carbocycles. The van der Waals surface area contributed by atoms with Crippen LogP contribution in [-0.4, -0.2) is 29.3 Å². The number of hydrogen-bond donors (Lipinski definition) is 0. The molecule has 0 aliphatic heterocycles. The third-order valence-corrected chi connectivity index (χ3v) is 6.88. The first-order valence-electron chi connectivity index (χ1n) is 9.81. The maximum absolute atomic E-state index is 13.6. The highest BCUT2D eigenvalue weighted by Crippen LogP contribution is 2.22. The summed E-state index contributed by atoms with van der Waals surface area (Å²) in [4.78, 5) is 0. The van der Waals surface area contributed by atoms with E-state index in [1.54, 1.807) is 20.0 Å². The molecule has 0 aliphatic carbocycles. The van der Waals surface area contributed by atoms with Crippen LogP contribution in [-0.2, 0) is 28.4 Å². The van der Waals surface area contributed by atoms with Crippen molar-refractivity contribution in [3.8, 4) is 6.07 Å². The van der Waals surface area contributed by atoms with Crippen molar-refractivity contribution in [1.82, 2.24) is 14.0 Å². The molecule has 0 amide bonds. The molecule has 0 radical (unpaired) electrons. The van der Waals surface area contributed by atoms with Crippen LogP contribution in [0.15, 0.2) is 78.0 Å². The summed E-state index contributed by atoms with van der Waals surface area (Å²) >= 11 is 0. The lowest BCUT2D eigenvalue weighted by Crippen LogP contribution is -2.43. The maximum atomic E-state index is 13.6. The summed E-state index contributed by atoms with van der Waals surface area (Å²) in [6, 6.07) is 22.9. The van der Waals surface area contributed by atoms with Gasteiger partial charge in [0.15, 0.2) is 5.03 Å². The van der Waals surface area contributed by atoms with Crippen LogP contribution in [0.25, 0.3) is 0 Å². The van der Waals surface area contributed by atoms with Gasteiger partial charge in [-0.3, -0.25) is 4.68 Å². The summed E-state index contributed by atoms with van der Waals surface area (Å²) in [5, 5.41) is 13.5. The van der Waals surface area contributed by atoms with Crippen molar-refractivity contribution in [1.29, 1.82) is 5.26 Å². The molecule has 154 valence electrons. The molecule has 1 aromatic heterocycles. The Hall–Kier alpha value is -2.89. The van der Waals surface area contributed by atoms with Crippen molar-refractivity contribution < 1.29 is 8.42 Å². The Bertz CT molecular complexity index is 1120. The first-order valence-corrected chi connectivity index (χ1v) is 11.2. The van der Waals surface area contributed by atoms with Crippen molar-refractivity contribution in [2.75, 3.05) is 0 Å². The van der Waals surface area contributed by atoms with Gasteiger partial charge in [0, 0.05) is 12.7 Å². The molecule has 1 heterocycles. The zero-order valence-corrected chi connectivity index (χ0v) is 18.2. The molecule has 3 rings (SSSR count). The monoisotopic (exact) mass is 420 g/mol. The Morgan fingerprint density at radius 3 is 2.17 bits per heavy atom. The number of aromatic nitrogens is 2. The summed E-state index contributed by atoms with van der Waals surface area (Å²) in [5.74, 6) is 0. The number of benzene rings is 2. The van der Waals surface area contributed by atoms with Gasteiger partial charge in [-0.05, 0) is 31.8 Å².